The van der Waals surface area contributed by atoms with Crippen LogP contribution in [0.3, 0.4) is 0 Å². The maximum Gasteiger partial charge on any atom is 0.251 e. The van der Waals surface area contributed by atoms with Crippen LogP contribution in [0, 0.1) is 6.92 Å². The van der Waals surface area contributed by atoms with Gasteiger partial charge in [0.25, 0.3) is 5.91 Å². The lowest BCUT2D eigenvalue weighted by atomic mass is 10.0. The molecule has 1 atom stereocenters. The molecular weight excluding hydrogens is 364 g/mol. The molecule has 0 bridgehead atoms. The predicted molar refractivity (Wildman–Crippen MR) is 111 cm³/mol. The Labute approximate surface area is 170 Å². The van der Waals surface area contributed by atoms with E-state index < -0.39 is 0 Å². The minimum atomic E-state index is -0.0921. The minimum Gasteiger partial charge on any atom is -0.493 e. The highest BCUT2D eigenvalue weighted by molar-refractivity contribution is 5.94. The minimum absolute atomic E-state index is 0.0558. The zero-order chi connectivity index (χ0) is 20.1. The predicted octanol–water partition coefficient (Wildman–Crippen LogP) is 4.61. The molecule has 1 amide bonds. The van der Waals surface area contributed by atoms with Gasteiger partial charge in [-0.1, -0.05) is 30.3 Å². The van der Waals surface area contributed by atoms with E-state index >= 15 is 0 Å². The topological polar surface area (TPSA) is 60.5 Å². The van der Waals surface area contributed by atoms with Gasteiger partial charge >= 0.3 is 0 Å². The molecule has 5 heteroatoms. The highest BCUT2D eigenvalue weighted by atomic mass is 16.5. The maximum absolute atomic E-state index is 12.9. The molecule has 1 aliphatic heterocycles. The Morgan fingerprint density at radius 3 is 2.93 bits per heavy atom. The molecular formula is C24H24N2O3. The molecule has 5 nitrogen and oxygen atoms in total. The van der Waals surface area contributed by atoms with E-state index in [1.165, 1.54) is 0 Å². The number of nitrogens with one attached hydrogen (secondary N) is 1. The van der Waals surface area contributed by atoms with Gasteiger partial charge in [-0.15, -0.1) is 0 Å². The molecule has 4 rings (SSSR count). The lowest BCUT2D eigenvalue weighted by Crippen LogP contribution is -2.28. The number of pyridine rings is 1. The molecule has 0 aliphatic carbocycles. The van der Waals surface area contributed by atoms with Gasteiger partial charge in [0.1, 0.15) is 18.1 Å². The van der Waals surface area contributed by atoms with Crippen LogP contribution in [0.1, 0.15) is 46.1 Å². The number of carbonyl (C=O) groups excluding carboxylic acids is 1. The Bertz CT molecular complexity index is 985. The molecule has 148 valence electrons. The van der Waals surface area contributed by atoms with Crippen LogP contribution >= 0.6 is 0 Å². The molecule has 0 saturated heterocycles. The second-order valence-electron chi connectivity index (χ2n) is 7.18. The number of para-hydroxylation sites is 1. The Morgan fingerprint density at radius 1 is 1.17 bits per heavy atom. The molecule has 0 fully saturated rings. The van der Waals surface area contributed by atoms with Crippen molar-refractivity contribution in [1.82, 2.24) is 10.3 Å². The van der Waals surface area contributed by atoms with Crippen LogP contribution in [0.4, 0.5) is 0 Å². The van der Waals surface area contributed by atoms with Crippen molar-refractivity contribution in [3.8, 4) is 11.5 Å². The number of fused-ring (bicyclic) bond motifs is 1. The molecule has 3 aromatic rings. The number of hydrogen-bond donors (Lipinski definition) is 1. The first-order valence-electron chi connectivity index (χ1n) is 9.86. The Balaban J connectivity index is 1.44. The van der Waals surface area contributed by atoms with Gasteiger partial charge < -0.3 is 14.8 Å². The van der Waals surface area contributed by atoms with Crippen LogP contribution in [0.15, 0.2) is 66.9 Å². The summed E-state index contributed by atoms with van der Waals surface area (Å²) in [6.45, 7) is 2.99. The summed E-state index contributed by atoms with van der Waals surface area (Å²) in [5, 5.41) is 3.17. The summed E-state index contributed by atoms with van der Waals surface area (Å²) in [6, 6.07) is 19.2. The smallest absolute Gasteiger partial charge is 0.251 e. The highest BCUT2D eigenvalue weighted by Gasteiger charge is 2.21. The second-order valence-corrected chi connectivity index (χ2v) is 7.18. The molecule has 1 aromatic heterocycles. The average molecular weight is 388 g/mol. The normalized spacial score (nSPS) is 15.6. The summed E-state index contributed by atoms with van der Waals surface area (Å²) in [6.07, 6.45) is 3.46. The molecule has 0 radical (unpaired) electrons. The van der Waals surface area contributed by atoms with Gasteiger partial charge in [0.15, 0.2) is 0 Å². The van der Waals surface area contributed by atoms with Gasteiger partial charge in [-0.3, -0.25) is 9.78 Å². The number of nitrogens with zero attached hydrogens (tertiary/aromatic N) is 1. The van der Waals surface area contributed by atoms with Crippen LogP contribution in [0.5, 0.6) is 11.5 Å². The summed E-state index contributed by atoms with van der Waals surface area (Å²) < 4.78 is 11.6. The van der Waals surface area contributed by atoms with E-state index in [1.54, 1.807) is 6.20 Å². The molecule has 1 N–H and O–H groups in total. The Kier molecular flexibility index (Phi) is 5.75. The number of amides is 1. The summed E-state index contributed by atoms with van der Waals surface area (Å²) >= 11 is 0. The van der Waals surface area contributed by atoms with E-state index in [0.717, 1.165) is 35.4 Å². The van der Waals surface area contributed by atoms with Crippen molar-refractivity contribution in [1.29, 1.82) is 0 Å². The van der Waals surface area contributed by atoms with Crippen LogP contribution < -0.4 is 14.8 Å². The first-order valence-corrected chi connectivity index (χ1v) is 9.86. The van der Waals surface area contributed by atoms with E-state index in [2.05, 4.69) is 10.3 Å². The van der Waals surface area contributed by atoms with E-state index in [9.17, 15) is 4.79 Å². The van der Waals surface area contributed by atoms with Crippen molar-refractivity contribution < 1.29 is 14.3 Å². The van der Waals surface area contributed by atoms with Crippen LogP contribution in [0.2, 0.25) is 0 Å². The molecule has 0 unspecified atom stereocenters. The number of benzene rings is 2. The fraction of sp³-hybridized carbons (Fsp3) is 0.250. The largest absolute Gasteiger partial charge is 0.493 e. The van der Waals surface area contributed by atoms with Crippen LogP contribution in [-0.2, 0) is 6.61 Å². The molecule has 29 heavy (non-hydrogen) atoms. The Morgan fingerprint density at radius 2 is 2.07 bits per heavy atom. The number of aromatic nitrogens is 1. The molecule has 2 heterocycles. The SMILES string of the molecule is Cc1ccc(OCc2cccc(C(=O)N[C@H]3CCCOc4ccccc43)c2)cn1. The summed E-state index contributed by atoms with van der Waals surface area (Å²) in [7, 11) is 0. The van der Waals surface area contributed by atoms with E-state index in [1.807, 2.05) is 67.6 Å². The van der Waals surface area contributed by atoms with Gasteiger partial charge in [-0.05, 0) is 55.7 Å². The van der Waals surface area contributed by atoms with Crippen molar-refractivity contribution >= 4 is 5.91 Å². The first kappa shape index (κ1) is 19.0. The average Bonchev–Trinajstić information content (AvgIpc) is 2.96. The third-order valence-corrected chi connectivity index (χ3v) is 4.97. The summed E-state index contributed by atoms with van der Waals surface area (Å²) in [4.78, 5) is 17.1. The first-order chi connectivity index (χ1) is 14.2. The number of ether oxygens (including phenoxy) is 2. The zero-order valence-corrected chi connectivity index (χ0v) is 16.4. The second kappa shape index (κ2) is 8.78. The highest BCUT2D eigenvalue weighted by Crippen LogP contribution is 2.31. The van der Waals surface area contributed by atoms with Gasteiger partial charge in [0.2, 0.25) is 0 Å². The third kappa shape index (κ3) is 4.74. The lowest BCUT2D eigenvalue weighted by Gasteiger charge is -2.18. The molecule has 1 aliphatic rings. The van der Waals surface area contributed by atoms with Crippen molar-refractivity contribution in [2.24, 2.45) is 0 Å². The fourth-order valence-electron chi connectivity index (χ4n) is 3.43. The Hall–Kier alpha value is -3.34. The standard InChI is InChI=1S/C24H24N2O3/c1-17-11-12-20(15-25-17)29-16-18-6-4-7-19(14-18)24(27)26-22-9-5-13-28-23-10-3-2-8-21(22)23/h2-4,6-8,10-12,14-15,22H,5,9,13,16H2,1H3,(H,26,27)/t22-/m0/s1. The zero-order valence-electron chi connectivity index (χ0n) is 16.4. The van der Waals surface area contributed by atoms with Gasteiger partial charge in [0.05, 0.1) is 18.8 Å². The number of rotatable bonds is 5. The number of aryl methyl sites for hydroxylation is 1. The van der Waals surface area contributed by atoms with Crippen molar-refractivity contribution in [2.75, 3.05) is 6.61 Å². The van der Waals surface area contributed by atoms with E-state index in [-0.39, 0.29) is 11.9 Å². The molecule has 2 aromatic carbocycles. The third-order valence-electron chi connectivity index (χ3n) is 4.97. The van der Waals surface area contributed by atoms with Crippen LogP contribution in [0.25, 0.3) is 0 Å². The van der Waals surface area contributed by atoms with E-state index in [0.29, 0.717) is 24.5 Å². The lowest BCUT2D eigenvalue weighted by molar-refractivity contribution is 0.0934. The summed E-state index contributed by atoms with van der Waals surface area (Å²) in [5.74, 6) is 1.47. The van der Waals surface area contributed by atoms with Crippen LogP contribution in [-0.4, -0.2) is 17.5 Å². The maximum atomic E-state index is 12.9. The fourth-order valence-corrected chi connectivity index (χ4v) is 3.43. The molecule has 0 saturated carbocycles. The van der Waals surface area contributed by atoms with Gasteiger partial charge in [0, 0.05) is 16.8 Å². The van der Waals surface area contributed by atoms with E-state index in [4.69, 9.17) is 9.47 Å². The monoisotopic (exact) mass is 388 g/mol. The molecule has 0 spiro atoms. The van der Waals surface area contributed by atoms with Crippen molar-refractivity contribution in [3.05, 3.63) is 89.2 Å². The summed E-state index contributed by atoms with van der Waals surface area (Å²) in [5.41, 5.74) is 3.53. The van der Waals surface area contributed by atoms with Crippen molar-refractivity contribution in [2.45, 2.75) is 32.4 Å². The number of hydrogen-bond acceptors (Lipinski definition) is 4. The van der Waals surface area contributed by atoms with Crippen molar-refractivity contribution in [3.63, 3.8) is 0 Å². The number of carbonyl (C=O) groups is 1. The quantitative estimate of drug-likeness (QED) is 0.693. The van der Waals surface area contributed by atoms with Gasteiger partial charge in [-0.25, -0.2) is 0 Å². The van der Waals surface area contributed by atoms with Gasteiger partial charge in [-0.2, -0.15) is 0 Å².